The van der Waals surface area contributed by atoms with E-state index in [4.69, 9.17) is 14.2 Å². The summed E-state index contributed by atoms with van der Waals surface area (Å²) in [6.07, 6.45) is -0.0520. The molecule has 3 heterocycles. The number of hydrogen-bond donors (Lipinski definition) is 0. The number of esters is 1. The van der Waals surface area contributed by atoms with Crippen LogP contribution >= 0.6 is 0 Å². The minimum Gasteiger partial charge on any atom is -0.463 e. The van der Waals surface area contributed by atoms with Gasteiger partial charge in [-0.3, -0.25) is 14.5 Å². The second-order valence-corrected chi connectivity index (χ2v) is 11.4. The molecule has 3 aromatic carbocycles. The van der Waals surface area contributed by atoms with Crippen LogP contribution in [0.5, 0.6) is 11.5 Å². The highest BCUT2D eigenvalue weighted by atomic mass is 19.1. The fourth-order valence-electron chi connectivity index (χ4n) is 6.22. The lowest BCUT2D eigenvalue weighted by Crippen LogP contribution is -2.48. The average Bonchev–Trinajstić information content (AvgIpc) is 3.51. The van der Waals surface area contributed by atoms with Crippen molar-refractivity contribution in [1.82, 2.24) is 14.7 Å². The molecule has 0 aliphatic carbocycles. The molecule has 45 heavy (non-hydrogen) atoms. The van der Waals surface area contributed by atoms with Crippen LogP contribution in [0, 0.1) is 5.82 Å². The van der Waals surface area contributed by atoms with Gasteiger partial charge in [-0.15, -0.1) is 0 Å². The van der Waals surface area contributed by atoms with Crippen LogP contribution in [0.1, 0.15) is 53.2 Å². The molecule has 0 saturated carbocycles. The van der Waals surface area contributed by atoms with Gasteiger partial charge in [0.2, 0.25) is 12.7 Å². The Kier molecular flexibility index (Phi) is 8.84. The number of halogens is 1. The summed E-state index contributed by atoms with van der Waals surface area (Å²) in [4.78, 5) is 45.4. The molecule has 1 atom stereocenters. The molecule has 0 aromatic heterocycles. The molecule has 1 saturated heterocycles. The number of rotatable bonds is 8. The molecule has 0 N–H and O–H groups in total. The van der Waals surface area contributed by atoms with Gasteiger partial charge in [-0.1, -0.05) is 36.4 Å². The zero-order valence-electron chi connectivity index (χ0n) is 25.5. The van der Waals surface area contributed by atoms with Crippen LogP contribution in [0.15, 0.2) is 78.0 Å². The van der Waals surface area contributed by atoms with Crippen LogP contribution in [-0.4, -0.2) is 72.1 Å². The highest BCUT2D eigenvalue weighted by molar-refractivity contribution is 5.96. The Bertz CT molecular complexity index is 1630. The Morgan fingerprint density at radius 2 is 1.62 bits per heavy atom. The summed E-state index contributed by atoms with van der Waals surface area (Å²) < 4.78 is 30.9. The van der Waals surface area contributed by atoms with E-state index in [1.165, 1.54) is 6.07 Å². The molecule has 10 heteroatoms. The van der Waals surface area contributed by atoms with Gasteiger partial charge in [0, 0.05) is 56.3 Å². The number of nitrogens with zero attached hydrogens (tertiary/aromatic N) is 3. The molecule has 2 amide bonds. The Labute approximate surface area is 261 Å². The van der Waals surface area contributed by atoms with E-state index in [0.29, 0.717) is 29.9 Å². The third-order valence-corrected chi connectivity index (χ3v) is 8.64. The molecule has 3 aliphatic rings. The first-order valence-electron chi connectivity index (χ1n) is 15.2. The summed E-state index contributed by atoms with van der Waals surface area (Å²) in [5.74, 6) is -0.468. The van der Waals surface area contributed by atoms with E-state index in [1.807, 2.05) is 35.2 Å². The van der Waals surface area contributed by atoms with Crippen molar-refractivity contribution in [2.24, 2.45) is 0 Å². The SMILES string of the molecule is CCOC(=O)C1=C(C)N(Cc2ccc(C(=O)N3CCN(Cc4ccc5c(c4)OCO5)CC3)cc2)C(=O)CC1c1ccccc1F. The molecule has 9 nitrogen and oxygen atoms in total. The molecule has 234 valence electrons. The van der Waals surface area contributed by atoms with Crippen LogP contribution in [-0.2, 0) is 27.4 Å². The first-order valence-corrected chi connectivity index (χ1v) is 15.2. The maximum atomic E-state index is 14.7. The van der Waals surface area contributed by atoms with Gasteiger partial charge >= 0.3 is 5.97 Å². The highest BCUT2D eigenvalue weighted by Gasteiger charge is 2.38. The molecule has 3 aliphatic heterocycles. The molecule has 3 aromatic rings. The van der Waals surface area contributed by atoms with E-state index in [9.17, 15) is 18.8 Å². The van der Waals surface area contributed by atoms with Gasteiger partial charge in [-0.05, 0) is 60.9 Å². The molecule has 1 unspecified atom stereocenters. The predicted octanol–water partition coefficient (Wildman–Crippen LogP) is 4.87. The van der Waals surface area contributed by atoms with Gasteiger partial charge in [-0.25, -0.2) is 9.18 Å². The first-order chi connectivity index (χ1) is 21.8. The average molecular weight is 614 g/mol. The number of amides is 2. The van der Waals surface area contributed by atoms with Crippen LogP contribution < -0.4 is 9.47 Å². The minimum atomic E-state index is -0.730. The van der Waals surface area contributed by atoms with E-state index < -0.39 is 17.7 Å². The van der Waals surface area contributed by atoms with Crippen molar-refractivity contribution >= 4 is 17.8 Å². The molecule has 0 bridgehead atoms. The third kappa shape index (κ3) is 6.42. The van der Waals surface area contributed by atoms with Crippen molar-refractivity contribution in [1.29, 1.82) is 0 Å². The fourth-order valence-corrected chi connectivity index (χ4v) is 6.22. The number of allylic oxidation sites excluding steroid dienone is 1. The largest absolute Gasteiger partial charge is 0.463 e. The number of hydrogen-bond acceptors (Lipinski definition) is 7. The number of ether oxygens (including phenoxy) is 3. The van der Waals surface area contributed by atoms with E-state index in [2.05, 4.69) is 4.90 Å². The summed E-state index contributed by atoms with van der Waals surface area (Å²) in [6, 6.07) is 19.4. The predicted molar refractivity (Wildman–Crippen MR) is 164 cm³/mol. The number of fused-ring (bicyclic) bond motifs is 1. The number of piperazine rings is 1. The van der Waals surface area contributed by atoms with E-state index in [0.717, 1.165) is 42.3 Å². The van der Waals surface area contributed by atoms with Gasteiger partial charge in [0.25, 0.3) is 5.91 Å². The van der Waals surface area contributed by atoms with Crippen molar-refractivity contribution in [3.8, 4) is 11.5 Å². The van der Waals surface area contributed by atoms with Crippen LogP contribution in [0.2, 0.25) is 0 Å². The van der Waals surface area contributed by atoms with Crippen LogP contribution in [0.3, 0.4) is 0 Å². The van der Waals surface area contributed by atoms with E-state index in [-0.39, 0.29) is 43.8 Å². The molecular formula is C35H36FN3O6. The van der Waals surface area contributed by atoms with Gasteiger partial charge < -0.3 is 24.0 Å². The Hall–Kier alpha value is -4.70. The zero-order chi connectivity index (χ0) is 31.5. The summed E-state index contributed by atoms with van der Waals surface area (Å²) in [5, 5.41) is 0. The van der Waals surface area contributed by atoms with Crippen molar-refractivity contribution in [2.45, 2.75) is 39.3 Å². The Balaban J connectivity index is 1.10. The lowest BCUT2D eigenvalue weighted by molar-refractivity contribution is -0.140. The second-order valence-electron chi connectivity index (χ2n) is 11.4. The van der Waals surface area contributed by atoms with E-state index in [1.54, 1.807) is 49.1 Å². The van der Waals surface area contributed by atoms with Gasteiger partial charge in [0.05, 0.1) is 18.7 Å². The summed E-state index contributed by atoms with van der Waals surface area (Å²) >= 11 is 0. The first kappa shape index (κ1) is 30.3. The number of carbonyl (C=O) groups is 3. The van der Waals surface area contributed by atoms with Gasteiger partial charge in [-0.2, -0.15) is 0 Å². The zero-order valence-corrected chi connectivity index (χ0v) is 25.5. The van der Waals surface area contributed by atoms with Crippen LogP contribution in [0.4, 0.5) is 4.39 Å². The molecule has 0 spiro atoms. The molecule has 1 fully saturated rings. The standard InChI is InChI=1S/C35H36FN3O6/c1-3-43-35(42)33-23(2)39(32(40)19-28(33)27-6-4-5-7-29(27)36)21-24-8-11-26(12-9-24)34(41)38-16-14-37(15-17-38)20-25-10-13-30-31(18-25)45-22-44-30/h4-13,18,28H,3,14-17,19-22H2,1-2H3. The summed E-state index contributed by atoms with van der Waals surface area (Å²) in [6.45, 7) is 7.58. The Morgan fingerprint density at radius 3 is 2.36 bits per heavy atom. The van der Waals surface area contributed by atoms with Gasteiger partial charge in [0.15, 0.2) is 11.5 Å². The monoisotopic (exact) mass is 613 g/mol. The minimum absolute atomic E-state index is 0.0354. The van der Waals surface area contributed by atoms with Crippen molar-refractivity contribution in [2.75, 3.05) is 39.6 Å². The molecular weight excluding hydrogens is 577 g/mol. The lowest BCUT2D eigenvalue weighted by atomic mass is 9.83. The van der Waals surface area contributed by atoms with E-state index >= 15 is 0 Å². The van der Waals surface area contributed by atoms with Crippen molar-refractivity contribution in [3.05, 3.63) is 106 Å². The summed E-state index contributed by atoms with van der Waals surface area (Å²) in [7, 11) is 0. The maximum Gasteiger partial charge on any atom is 0.336 e. The second kappa shape index (κ2) is 13.1. The summed E-state index contributed by atoms with van der Waals surface area (Å²) in [5.41, 5.74) is 3.55. The van der Waals surface area contributed by atoms with Crippen molar-refractivity contribution in [3.63, 3.8) is 0 Å². The van der Waals surface area contributed by atoms with Crippen LogP contribution in [0.25, 0.3) is 0 Å². The molecule has 0 radical (unpaired) electrons. The third-order valence-electron chi connectivity index (χ3n) is 8.64. The smallest absolute Gasteiger partial charge is 0.336 e. The quantitative estimate of drug-likeness (QED) is 0.335. The normalized spacial score (nSPS) is 18.4. The molecule has 6 rings (SSSR count). The Morgan fingerprint density at radius 1 is 0.911 bits per heavy atom. The van der Waals surface area contributed by atoms with Crippen molar-refractivity contribution < 1.29 is 33.0 Å². The fraction of sp³-hybridized carbons (Fsp3) is 0.343. The topological polar surface area (TPSA) is 88.6 Å². The maximum absolute atomic E-state index is 14.7. The highest BCUT2D eigenvalue weighted by Crippen LogP contribution is 2.39. The van der Waals surface area contributed by atoms with Gasteiger partial charge in [0.1, 0.15) is 5.82 Å². The lowest BCUT2D eigenvalue weighted by Gasteiger charge is -2.35. The number of benzene rings is 3. The number of carbonyl (C=O) groups excluding carboxylic acids is 3.